The smallest absolute Gasteiger partial charge is 0.327 e. The third-order valence-electron chi connectivity index (χ3n) is 4.86. The topological polar surface area (TPSA) is 70.9 Å². The molecule has 0 aliphatic carbocycles. The highest BCUT2D eigenvalue weighted by molar-refractivity contribution is 6.34. The van der Waals surface area contributed by atoms with Crippen LogP contribution in [-0.2, 0) is 5.60 Å². The lowest BCUT2D eigenvalue weighted by Crippen LogP contribution is -2.21. The van der Waals surface area contributed by atoms with Gasteiger partial charge in [0.2, 0.25) is 0 Å². The van der Waals surface area contributed by atoms with Gasteiger partial charge in [0.25, 0.3) is 0 Å². The number of nitrogens with zero attached hydrogens (tertiary/aromatic N) is 2. The van der Waals surface area contributed by atoms with Gasteiger partial charge in [-0.15, -0.1) is 0 Å². The number of aromatic amines is 1. The standard InChI is InChI=1S/C20H24ClN3O2/c1-5-14(6-2)24-17-16(15(21)11-22-18(17)23-19(24)25)12-8-7-9-13(10-12)20(3,4)26/h7-11,14,26H,5-6H2,1-4H3,(H,22,23,25). The maximum atomic E-state index is 12.6. The van der Waals surface area contributed by atoms with Crippen LogP contribution < -0.4 is 5.69 Å². The number of hydrogen-bond donors (Lipinski definition) is 2. The van der Waals surface area contributed by atoms with Gasteiger partial charge in [-0.05, 0) is 43.9 Å². The molecule has 26 heavy (non-hydrogen) atoms. The SMILES string of the molecule is CCC(CC)n1c(=O)[nH]c2ncc(Cl)c(-c3cccc(C(C)(C)O)c3)c21. The van der Waals surface area contributed by atoms with Crippen LogP contribution in [0.3, 0.4) is 0 Å². The van der Waals surface area contributed by atoms with Crippen molar-refractivity contribution in [3.8, 4) is 11.1 Å². The van der Waals surface area contributed by atoms with Crippen molar-refractivity contribution >= 4 is 22.8 Å². The van der Waals surface area contributed by atoms with E-state index >= 15 is 0 Å². The molecule has 0 unspecified atom stereocenters. The zero-order valence-corrected chi connectivity index (χ0v) is 16.3. The maximum absolute atomic E-state index is 12.6. The Morgan fingerprint density at radius 1 is 1.31 bits per heavy atom. The first-order valence-corrected chi connectivity index (χ1v) is 9.27. The van der Waals surface area contributed by atoms with Gasteiger partial charge in [-0.3, -0.25) is 9.55 Å². The first-order chi connectivity index (χ1) is 12.3. The average molecular weight is 374 g/mol. The van der Waals surface area contributed by atoms with Crippen LogP contribution in [0, 0.1) is 0 Å². The minimum absolute atomic E-state index is 0.0627. The predicted molar refractivity (Wildman–Crippen MR) is 106 cm³/mol. The summed E-state index contributed by atoms with van der Waals surface area (Å²) in [6.07, 6.45) is 3.22. The molecule has 2 aromatic heterocycles. The van der Waals surface area contributed by atoms with Gasteiger partial charge in [0.1, 0.15) is 0 Å². The normalized spacial score (nSPS) is 12.3. The predicted octanol–water partition coefficient (Wildman–Crippen LogP) is 4.63. The summed E-state index contributed by atoms with van der Waals surface area (Å²) in [5.74, 6) is 0. The van der Waals surface area contributed by atoms with E-state index in [1.54, 1.807) is 24.6 Å². The number of rotatable bonds is 5. The lowest BCUT2D eigenvalue weighted by Gasteiger charge is -2.20. The molecule has 0 saturated heterocycles. The molecular weight excluding hydrogens is 350 g/mol. The van der Waals surface area contributed by atoms with Gasteiger partial charge < -0.3 is 5.11 Å². The number of aromatic nitrogens is 3. The molecule has 2 heterocycles. The second-order valence-corrected chi connectivity index (χ2v) is 7.50. The van der Waals surface area contributed by atoms with Gasteiger partial charge in [0, 0.05) is 17.8 Å². The fraction of sp³-hybridized carbons (Fsp3) is 0.400. The van der Waals surface area contributed by atoms with Crippen molar-refractivity contribution in [2.24, 2.45) is 0 Å². The number of pyridine rings is 1. The Hall–Kier alpha value is -2.11. The molecule has 3 aromatic rings. The van der Waals surface area contributed by atoms with E-state index in [1.807, 2.05) is 24.3 Å². The molecule has 0 radical (unpaired) electrons. The highest BCUT2D eigenvalue weighted by Gasteiger charge is 2.22. The largest absolute Gasteiger partial charge is 0.386 e. The van der Waals surface area contributed by atoms with Crippen LogP contribution in [0.2, 0.25) is 5.02 Å². The summed E-state index contributed by atoms with van der Waals surface area (Å²) in [7, 11) is 0. The molecular formula is C20H24ClN3O2. The fourth-order valence-corrected chi connectivity index (χ4v) is 3.65. The van der Waals surface area contributed by atoms with Crippen LogP contribution in [-0.4, -0.2) is 19.6 Å². The van der Waals surface area contributed by atoms with E-state index < -0.39 is 5.60 Å². The van der Waals surface area contributed by atoms with Crippen LogP contribution in [0.5, 0.6) is 0 Å². The number of nitrogens with one attached hydrogen (secondary N) is 1. The lowest BCUT2D eigenvalue weighted by molar-refractivity contribution is 0.0786. The van der Waals surface area contributed by atoms with Crippen molar-refractivity contribution in [3.05, 3.63) is 51.5 Å². The Balaban J connectivity index is 2.36. The first kappa shape index (κ1) is 18.7. The molecule has 138 valence electrons. The molecule has 0 saturated carbocycles. The number of aliphatic hydroxyl groups is 1. The van der Waals surface area contributed by atoms with Crippen molar-refractivity contribution in [1.82, 2.24) is 14.5 Å². The summed E-state index contributed by atoms with van der Waals surface area (Å²) in [6, 6.07) is 7.67. The molecule has 0 spiro atoms. The summed E-state index contributed by atoms with van der Waals surface area (Å²) < 4.78 is 1.76. The zero-order chi connectivity index (χ0) is 19.1. The minimum Gasteiger partial charge on any atom is -0.386 e. The molecule has 2 N–H and O–H groups in total. The van der Waals surface area contributed by atoms with Crippen LogP contribution in [0.25, 0.3) is 22.3 Å². The number of benzene rings is 1. The fourth-order valence-electron chi connectivity index (χ4n) is 3.40. The van der Waals surface area contributed by atoms with E-state index in [9.17, 15) is 9.90 Å². The van der Waals surface area contributed by atoms with E-state index in [4.69, 9.17) is 11.6 Å². The van der Waals surface area contributed by atoms with E-state index in [1.165, 1.54) is 0 Å². The van der Waals surface area contributed by atoms with Crippen molar-refractivity contribution < 1.29 is 5.11 Å². The van der Waals surface area contributed by atoms with Crippen LogP contribution in [0.1, 0.15) is 52.1 Å². The quantitative estimate of drug-likeness (QED) is 0.684. The van der Waals surface area contributed by atoms with Gasteiger partial charge in [-0.2, -0.15) is 0 Å². The molecule has 0 aliphatic heterocycles. The third kappa shape index (κ3) is 3.17. The van der Waals surface area contributed by atoms with Gasteiger partial charge in [-0.1, -0.05) is 43.6 Å². The van der Waals surface area contributed by atoms with Crippen LogP contribution in [0.4, 0.5) is 0 Å². The highest BCUT2D eigenvalue weighted by atomic mass is 35.5. The second kappa shape index (κ2) is 6.89. The average Bonchev–Trinajstić information content (AvgIpc) is 2.92. The molecule has 0 amide bonds. The molecule has 0 fully saturated rings. The summed E-state index contributed by atoms with van der Waals surface area (Å²) in [4.78, 5) is 19.8. The number of fused-ring (bicyclic) bond motifs is 1. The second-order valence-electron chi connectivity index (χ2n) is 7.09. The number of imidazole rings is 1. The van der Waals surface area contributed by atoms with Crippen molar-refractivity contribution in [3.63, 3.8) is 0 Å². The van der Waals surface area contributed by atoms with Crippen LogP contribution in [0.15, 0.2) is 35.3 Å². The molecule has 6 heteroatoms. The Morgan fingerprint density at radius 3 is 2.62 bits per heavy atom. The Kier molecular flexibility index (Phi) is 4.95. The van der Waals surface area contributed by atoms with Crippen molar-refractivity contribution in [2.75, 3.05) is 0 Å². The third-order valence-corrected chi connectivity index (χ3v) is 5.14. The Labute approximate surface area is 157 Å². The van der Waals surface area contributed by atoms with E-state index in [-0.39, 0.29) is 11.7 Å². The molecule has 0 aliphatic rings. The number of H-pyrrole nitrogens is 1. The lowest BCUT2D eigenvalue weighted by atomic mass is 9.94. The van der Waals surface area contributed by atoms with E-state index in [0.29, 0.717) is 16.2 Å². The van der Waals surface area contributed by atoms with E-state index in [2.05, 4.69) is 23.8 Å². The number of hydrogen-bond acceptors (Lipinski definition) is 3. The van der Waals surface area contributed by atoms with Gasteiger partial charge in [-0.25, -0.2) is 9.78 Å². The summed E-state index contributed by atoms with van der Waals surface area (Å²) in [6.45, 7) is 7.61. The Morgan fingerprint density at radius 2 is 2.00 bits per heavy atom. The van der Waals surface area contributed by atoms with Gasteiger partial charge in [0.05, 0.1) is 16.1 Å². The Bertz CT molecular complexity index is 994. The molecule has 0 atom stereocenters. The number of halogens is 1. The monoisotopic (exact) mass is 373 g/mol. The zero-order valence-electron chi connectivity index (χ0n) is 15.5. The van der Waals surface area contributed by atoms with Crippen LogP contribution >= 0.6 is 11.6 Å². The van der Waals surface area contributed by atoms with Crippen molar-refractivity contribution in [2.45, 2.75) is 52.2 Å². The summed E-state index contributed by atoms with van der Waals surface area (Å²) in [5.41, 5.74) is 2.47. The summed E-state index contributed by atoms with van der Waals surface area (Å²) in [5, 5.41) is 10.8. The van der Waals surface area contributed by atoms with Gasteiger partial charge in [0.15, 0.2) is 5.65 Å². The maximum Gasteiger partial charge on any atom is 0.327 e. The van der Waals surface area contributed by atoms with E-state index in [0.717, 1.165) is 29.5 Å². The summed E-state index contributed by atoms with van der Waals surface area (Å²) >= 11 is 6.52. The molecule has 3 rings (SSSR count). The molecule has 1 aromatic carbocycles. The van der Waals surface area contributed by atoms with Gasteiger partial charge >= 0.3 is 5.69 Å². The highest BCUT2D eigenvalue weighted by Crippen LogP contribution is 2.36. The first-order valence-electron chi connectivity index (χ1n) is 8.89. The van der Waals surface area contributed by atoms with Crippen molar-refractivity contribution in [1.29, 1.82) is 0 Å². The minimum atomic E-state index is -0.970. The molecule has 5 nitrogen and oxygen atoms in total. The molecule has 0 bridgehead atoms.